The molecule has 138 valence electrons. The number of H-pyrrole nitrogens is 1. The highest BCUT2D eigenvalue weighted by molar-refractivity contribution is 6.03. The van der Waals surface area contributed by atoms with Gasteiger partial charge in [-0.3, -0.25) is 14.7 Å². The molecule has 3 rings (SSSR count). The van der Waals surface area contributed by atoms with Crippen molar-refractivity contribution in [1.82, 2.24) is 10.2 Å². The molecule has 1 aromatic carbocycles. The third-order valence-electron chi connectivity index (χ3n) is 4.61. The molecule has 1 aliphatic rings. The molecule has 2 aromatic rings. The van der Waals surface area contributed by atoms with Gasteiger partial charge in [0.05, 0.1) is 23.0 Å². The number of hydrogen-bond acceptors (Lipinski definition) is 4. The van der Waals surface area contributed by atoms with Gasteiger partial charge >= 0.3 is 0 Å². The summed E-state index contributed by atoms with van der Waals surface area (Å²) in [5.41, 5.74) is 6.85. The molecule has 0 aliphatic carbocycles. The number of nitrogens with two attached hydrogens (primary N) is 1. The first-order valence-corrected chi connectivity index (χ1v) is 8.57. The van der Waals surface area contributed by atoms with Crippen molar-refractivity contribution >= 4 is 23.2 Å². The van der Waals surface area contributed by atoms with Gasteiger partial charge < -0.3 is 16.0 Å². The molecule has 1 aliphatic heterocycles. The summed E-state index contributed by atoms with van der Waals surface area (Å²) < 4.78 is 14.0. The highest BCUT2D eigenvalue weighted by atomic mass is 19.1. The Balaban J connectivity index is 1.75. The molecule has 2 heterocycles. The van der Waals surface area contributed by atoms with Gasteiger partial charge in [-0.1, -0.05) is 26.0 Å². The van der Waals surface area contributed by atoms with Gasteiger partial charge in [0.1, 0.15) is 5.82 Å². The summed E-state index contributed by atoms with van der Waals surface area (Å²) in [5.74, 6) is -1.52. The number of rotatable bonds is 5. The number of nitrogens with zero attached hydrogens (tertiary/aromatic N) is 2. The third kappa shape index (κ3) is 3.40. The third-order valence-corrected chi connectivity index (χ3v) is 4.61. The molecule has 0 saturated carbocycles. The first-order valence-electron chi connectivity index (χ1n) is 8.57. The van der Waals surface area contributed by atoms with E-state index in [0.29, 0.717) is 36.6 Å². The number of aromatic amines is 1. The zero-order valence-electron chi connectivity index (χ0n) is 14.8. The Kier molecular flexibility index (Phi) is 4.92. The first kappa shape index (κ1) is 17.9. The number of benzene rings is 1. The molecular formula is C18H22FN5O2. The lowest BCUT2D eigenvalue weighted by Crippen LogP contribution is -2.28. The van der Waals surface area contributed by atoms with E-state index < -0.39 is 5.91 Å². The van der Waals surface area contributed by atoms with Crippen molar-refractivity contribution in [3.05, 3.63) is 41.5 Å². The number of carbonyl (C=O) groups excluding carboxylic acids is 2. The van der Waals surface area contributed by atoms with Crippen LogP contribution >= 0.6 is 0 Å². The Bertz CT molecular complexity index is 833. The van der Waals surface area contributed by atoms with E-state index in [1.165, 1.54) is 6.07 Å². The largest absolute Gasteiger partial charge is 0.368 e. The quantitative estimate of drug-likeness (QED) is 0.761. The fourth-order valence-electron chi connectivity index (χ4n) is 3.20. The van der Waals surface area contributed by atoms with Crippen LogP contribution in [0.25, 0.3) is 0 Å². The van der Waals surface area contributed by atoms with E-state index in [1.807, 2.05) is 18.7 Å². The Hall–Kier alpha value is -2.90. The molecule has 1 saturated heterocycles. The number of nitrogens with one attached hydrogen (secondary N) is 2. The average Bonchev–Trinajstić information content (AvgIpc) is 3.22. The maximum absolute atomic E-state index is 14.0. The van der Waals surface area contributed by atoms with Crippen molar-refractivity contribution in [1.29, 1.82) is 0 Å². The summed E-state index contributed by atoms with van der Waals surface area (Å²) >= 11 is 0. The van der Waals surface area contributed by atoms with Crippen molar-refractivity contribution in [2.75, 3.05) is 23.3 Å². The summed E-state index contributed by atoms with van der Waals surface area (Å²) in [7, 11) is 0. The number of carbonyl (C=O) groups is 2. The van der Waals surface area contributed by atoms with Gasteiger partial charge in [0.2, 0.25) is 5.91 Å². The van der Waals surface area contributed by atoms with Gasteiger partial charge in [-0.2, -0.15) is 5.10 Å². The maximum Gasteiger partial charge on any atom is 0.271 e. The van der Waals surface area contributed by atoms with Crippen LogP contribution in [0.15, 0.2) is 24.3 Å². The van der Waals surface area contributed by atoms with Crippen molar-refractivity contribution in [3.8, 4) is 0 Å². The summed E-state index contributed by atoms with van der Waals surface area (Å²) in [5, 5.41) is 9.48. The molecule has 1 unspecified atom stereocenters. The number of hydrogen-bond donors (Lipinski definition) is 3. The Morgan fingerprint density at radius 3 is 2.77 bits per heavy atom. The van der Waals surface area contributed by atoms with Gasteiger partial charge in [-0.05, 0) is 24.5 Å². The van der Waals surface area contributed by atoms with E-state index in [-0.39, 0.29) is 29.3 Å². The lowest BCUT2D eigenvalue weighted by Gasteiger charge is -2.19. The predicted molar refractivity (Wildman–Crippen MR) is 96.5 cm³/mol. The summed E-state index contributed by atoms with van der Waals surface area (Å²) in [6, 6.07) is 6.51. The summed E-state index contributed by atoms with van der Waals surface area (Å²) in [6.45, 7) is 4.84. The minimum absolute atomic E-state index is 0.0195. The molecule has 1 fully saturated rings. The monoisotopic (exact) mass is 359 g/mol. The van der Waals surface area contributed by atoms with Crippen molar-refractivity contribution in [2.45, 2.75) is 26.2 Å². The number of primary amides is 1. The second-order valence-corrected chi connectivity index (χ2v) is 6.75. The van der Waals surface area contributed by atoms with Crippen LogP contribution in [0.2, 0.25) is 0 Å². The molecule has 1 aromatic heterocycles. The van der Waals surface area contributed by atoms with E-state index in [0.717, 1.165) is 0 Å². The number of halogens is 1. The van der Waals surface area contributed by atoms with Gasteiger partial charge in [0.25, 0.3) is 5.91 Å². The standard InChI is InChI=1S/C18H22FN5O2/c1-10(2)14-15(16(17(20)25)23-22-14)21-18(26)11-7-8-24(9-11)13-6-4-3-5-12(13)19/h3-6,10-11H,7-9H2,1-2H3,(H2,20,25)(H,21,26)(H,22,23). The van der Waals surface area contributed by atoms with E-state index in [2.05, 4.69) is 15.5 Å². The zero-order chi connectivity index (χ0) is 18.8. The van der Waals surface area contributed by atoms with E-state index in [9.17, 15) is 14.0 Å². The van der Waals surface area contributed by atoms with Gasteiger partial charge in [-0.25, -0.2) is 4.39 Å². The van der Waals surface area contributed by atoms with Crippen LogP contribution in [-0.4, -0.2) is 35.1 Å². The first-order chi connectivity index (χ1) is 12.4. The fourth-order valence-corrected chi connectivity index (χ4v) is 3.20. The fraction of sp³-hybridized carbons (Fsp3) is 0.389. The Morgan fingerprint density at radius 2 is 2.12 bits per heavy atom. The van der Waals surface area contributed by atoms with E-state index in [4.69, 9.17) is 5.73 Å². The molecule has 2 amide bonds. The van der Waals surface area contributed by atoms with Crippen LogP contribution in [0.5, 0.6) is 0 Å². The molecular weight excluding hydrogens is 337 g/mol. The van der Waals surface area contributed by atoms with Crippen LogP contribution in [0.1, 0.15) is 42.4 Å². The van der Waals surface area contributed by atoms with Crippen LogP contribution in [0, 0.1) is 11.7 Å². The number of amides is 2. The van der Waals surface area contributed by atoms with E-state index >= 15 is 0 Å². The van der Waals surface area contributed by atoms with Crippen LogP contribution in [0.4, 0.5) is 15.8 Å². The molecule has 1 atom stereocenters. The lowest BCUT2D eigenvalue weighted by molar-refractivity contribution is -0.119. The molecule has 26 heavy (non-hydrogen) atoms. The minimum Gasteiger partial charge on any atom is -0.368 e. The molecule has 0 radical (unpaired) electrons. The van der Waals surface area contributed by atoms with Crippen LogP contribution < -0.4 is 16.0 Å². The van der Waals surface area contributed by atoms with Crippen molar-refractivity contribution in [3.63, 3.8) is 0 Å². The zero-order valence-corrected chi connectivity index (χ0v) is 14.8. The van der Waals surface area contributed by atoms with Gasteiger partial charge in [-0.15, -0.1) is 0 Å². The Labute approximate surface area is 150 Å². The predicted octanol–water partition coefficient (Wildman–Crippen LogP) is 2.24. The lowest BCUT2D eigenvalue weighted by atomic mass is 10.1. The number of para-hydroxylation sites is 1. The van der Waals surface area contributed by atoms with Gasteiger partial charge in [0, 0.05) is 13.1 Å². The highest BCUT2D eigenvalue weighted by Crippen LogP contribution is 2.29. The van der Waals surface area contributed by atoms with Crippen LogP contribution in [0.3, 0.4) is 0 Å². The molecule has 0 bridgehead atoms. The van der Waals surface area contributed by atoms with Crippen LogP contribution in [-0.2, 0) is 4.79 Å². The summed E-state index contributed by atoms with van der Waals surface area (Å²) in [6.07, 6.45) is 0.598. The molecule has 7 nitrogen and oxygen atoms in total. The Morgan fingerprint density at radius 1 is 1.38 bits per heavy atom. The van der Waals surface area contributed by atoms with E-state index in [1.54, 1.807) is 18.2 Å². The average molecular weight is 359 g/mol. The topological polar surface area (TPSA) is 104 Å². The normalized spacial score (nSPS) is 16.9. The highest BCUT2D eigenvalue weighted by Gasteiger charge is 2.31. The molecule has 4 N–H and O–H groups in total. The minimum atomic E-state index is -0.706. The summed E-state index contributed by atoms with van der Waals surface area (Å²) in [4.78, 5) is 26.1. The maximum atomic E-state index is 14.0. The second-order valence-electron chi connectivity index (χ2n) is 6.75. The molecule has 8 heteroatoms. The number of aromatic nitrogens is 2. The van der Waals surface area contributed by atoms with Crippen molar-refractivity contribution in [2.24, 2.45) is 11.7 Å². The smallest absolute Gasteiger partial charge is 0.271 e. The second kappa shape index (κ2) is 7.15. The van der Waals surface area contributed by atoms with Crippen molar-refractivity contribution < 1.29 is 14.0 Å². The van der Waals surface area contributed by atoms with Gasteiger partial charge in [0.15, 0.2) is 5.69 Å². The number of anilines is 2. The molecule has 0 spiro atoms. The SMILES string of the molecule is CC(C)c1[nH]nc(C(N)=O)c1NC(=O)C1CCN(c2ccccc2F)C1.